The number of carbonyl (C=O) groups excluding carboxylic acids is 1. The molecule has 1 aromatic rings. The predicted octanol–water partition coefficient (Wildman–Crippen LogP) is 2.46. The summed E-state index contributed by atoms with van der Waals surface area (Å²) in [6.07, 6.45) is 1.12. The summed E-state index contributed by atoms with van der Waals surface area (Å²) >= 11 is 0. The van der Waals surface area contributed by atoms with Crippen molar-refractivity contribution < 1.29 is 22.1 Å². The molecule has 0 aliphatic carbocycles. The summed E-state index contributed by atoms with van der Waals surface area (Å²) in [5, 5.41) is 3.17. The van der Waals surface area contributed by atoms with Crippen molar-refractivity contribution in [3.63, 3.8) is 0 Å². The molecule has 1 N–H and O–H groups in total. The quantitative estimate of drug-likeness (QED) is 0.608. The van der Waals surface area contributed by atoms with Crippen LogP contribution in [0.5, 0.6) is 0 Å². The van der Waals surface area contributed by atoms with E-state index in [1.54, 1.807) is 39.0 Å². The van der Waals surface area contributed by atoms with Gasteiger partial charge in [-0.2, -0.15) is 8.42 Å². The Balaban J connectivity index is 2.15. The molecule has 0 spiro atoms. The zero-order valence-corrected chi connectivity index (χ0v) is 17.1. The molecule has 1 amide bonds. The lowest BCUT2D eigenvalue weighted by molar-refractivity contribution is -0.00216. The fourth-order valence-electron chi connectivity index (χ4n) is 2.74. The number of aryl methyl sites for hydroxylation is 1. The molecular formula is C19H28N2O5S. The Hall–Kier alpha value is -1.90. The number of benzene rings is 1. The van der Waals surface area contributed by atoms with Crippen LogP contribution in [0.3, 0.4) is 0 Å². The normalized spacial score (nSPS) is 21.0. The average molecular weight is 397 g/mol. The van der Waals surface area contributed by atoms with E-state index < -0.39 is 27.9 Å². The maximum atomic E-state index is 12.6. The van der Waals surface area contributed by atoms with E-state index in [4.69, 9.17) is 8.92 Å². The van der Waals surface area contributed by atoms with Crippen molar-refractivity contribution in [2.45, 2.75) is 50.3 Å². The highest BCUT2D eigenvalue weighted by Gasteiger charge is 2.36. The van der Waals surface area contributed by atoms with Crippen molar-refractivity contribution >= 4 is 16.2 Å². The molecule has 8 heteroatoms. The van der Waals surface area contributed by atoms with Crippen molar-refractivity contribution in [3.8, 4) is 0 Å². The molecule has 1 aromatic carbocycles. The molecule has 0 bridgehead atoms. The summed E-state index contributed by atoms with van der Waals surface area (Å²) in [7, 11) is -3.92. The standard InChI is InChI=1S/C19H28N2O5S/c1-6-15-11-20-12-16(21(15)18(22)26-19(3,4)5)13-25-27(23,24)17-9-7-14(2)8-10-17/h6-10,15-16,20H,1,11-13H2,2-5H3/t15-,16+/m0/s1. The van der Waals surface area contributed by atoms with Gasteiger partial charge >= 0.3 is 6.09 Å². The first-order valence-corrected chi connectivity index (χ1v) is 10.2. The first-order valence-electron chi connectivity index (χ1n) is 8.84. The lowest BCUT2D eigenvalue weighted by atomic mass is 10.1. The van der Waals surface area contributed by atoms with Gasteiger partial charge in [-0.15, -0.1) is 6.58 Å². The van der Waals surface area contributed by atoms with E-state index in [1.165, 1.54) is 17.0 Å². The Morgan fingerprint density at radius 2 is 1.93 bits per heavy atom. The number of ether oxygens (including phenoxy) is 1. The van der Waals surface area contributed by atoms with Crippen LogP contribution in [0.15, 0.2) is 41.8 Å². The van der Waals surface area contributed by atoms with E-state index >= 15 is 0 Å². The third kappa shape index (κ3) is 5.79. The van der Waals surface area contributed by atoms with Crippen LogP contribution in [0, 0.1) is 6.92 Å². The number of nitrogens with one attached hydrogen (secondary N) is 1. The first-order chi connectivity index (χ1) is 12.5. The van der Waals surface area contributed by atoms with Crippen LogP contribution in [0.2, 0.25) is 0 Å². The molecule has 2 rings (SSSR count). The Labute approximate surface area is 161 Å². The van der Waals surface area contributed by atoms with Gasteiger partial charge in [0.25, 0.3) is 10.1 Å². The summed E-state index contributed by atoms with van der Waals surface area (Å²) in [4.78, 5) is 14.2. The van der Waals surface area contributed by atoms with Crippen molar-refractivity contribution in [1.82, 2.24) is 10.2 Å². The molecule has 1 heterocycles. The minimum atomic E-state index is -3.92. The van der Waals surface area contributed by atoms with Crippen LogP contribution >= 0.6 is 0 Å². The van der Waals surface area contributed by atoms with E-state index in [2.05, 4.69) is 11.9 Å². The fourth-order valence-corrected chi connectivity index (χ4v) is 3.68. The Kier molecular flexibility index (Phi) is 6.67. The zero-order valence-electron chi connectivity index (χ0n) is 16.3. The van der Waals surface area contributed by atoms with Gasteiger partial charge in [0.15, 0.2) is 0 Å². The van der Waals surface area contributed by atoms with Gasteiger partial charge in [0.05, 0.1) is 23.6 Å². The highest BCUT2D eigenvalue weighted by atomic mass is 32.2. The molecule has 150 valence electrons. The van der Waals surface area contributed by atoms with Gasteiger partial charge in [-0.25, -0.2) is 4.79 Å². The van der Waals surface area contributed by atoms with Crippen LogP contribution in [-0.4, -0.2) is 56.8 Å². The van der Waals surface area contributed by atoms with Crippen molar-refractivity contribution in [1.29, 1.82) is 0 Å². The van der Waals surface area contributed by atoms with E-state index in [0.717, 1.165) is 5.56 Å². The smallest absolute Gasteiger partial charge is 0.411 e. The zero-order chi connectivity index (χ0) is 20.2. The monoisotopic (exact) mass is 396 g/mol. The second-order valence-electron chi connectivity index (χ2n) is 7.55. The summed E-state index contributed by atoms with van der Waals surface area (Å²) < 4.78 is 35.6. The third-order valence-electron chi connectivity index (χ3n) is 4.09. The van der Waals surface area contributed by atoms with E-state index in [1.807, 2.05) is 6.92 Å². The second kappa shape index (κ2) is 8.41. The van der Waals surface area contributed by atoms with Crippen molar-refractivity contribution in [2.24, 2.45) is 0 Å². The van der Waals surface area contributed by atoms with Crippen LogP contribution < -0.4 is 5.32 Å². The predicted molar refractivity (Wildman–Crippen MR) is 103 cm³/mol. The van der Waals surface area contributed by atoms with Gasteiger partial charge in [-0.1, -0.05) is 23.8 Å². The highest BCUT2D eigenvalue weighted by Crippen LogP contribution is 2.20. The molecule has 0 radical (unpaired) electrons. The minimum absolute atomic E-state index is 0.0842. The number of piperazine rings is 1. The molecule has 2 atom stereocenters. The van der Waals surface area contributed by atoms with E-state index in [-0.39, 0.29) is 17.5 Å². The number of rotatable bonds is 5. The molecule has 1 aliphatic rings. The van der Waals surface area contributed by atoms with Gasteiger partial charge in [-0.3, -0.25) is 9.08 Å². The largest absolute Gasteiger partial charge is 0.444 e. The summed E-state index contributed by atoms with van der Waals surface area (Å²) in [6.45, 7) is 11.7. The first kappa shape index (κ1) is 21.4. The van der Waals surface area contributed by atoms with Crippen LogP contribution in [-0.2, 0) is 19.0 Å². The number of amides is 1. The average Bonchev–Trinajstić information content (AvgIpc) is 2.58. The number of nitrogens with zero attached hydrogens (tertiary/aromatic N) is 1. The van der Waals surface area contributed by atoms with Crippen LogP contribution in [0.4, 0.5) is 4.79 Å². The molecular weight excluding hydrogens is 368 g/mol. The molecule has 0 aromatic heterocycles. The Bertz CT molecular complexity index is 768. The fraction of sp³-hybridized carbons (Fsp3) is 0.526. The molecule has 7 nitrogen and oxygen atoms in total. The number of carbonyl (C=O) groups is 1. The minimum Gasteiger partial charge on any atom is -0.444 e. The number of hydrogen-bond donors (Lipinski definition) is 1. The Morgan fingerprint density at radius 3 is 2.48 bits per heavy atom. The lowest BCUT2D eigenvalue weighted by Crippen LogP contribution is -2.61. The summed E-state index contributed by atoms with van der Waals surface area (Å²) in [5.74, 6) is 0. The maximum absolute atomic E-state index is 12.6. The van der Waals surface area contributed by atoms with Gasteiger partial charge in [0.1, 0.15) is 5.60 Å². The van der Waals surface area contributed by atoms with E-state index in [0.29, 0.717) is 13.1 Å². The Morgan fingerprint density at radius 1 is 1.30 bits per heavy atom. The maximum Gasteiger partial charge on any atom is 0.411 e. The second-order valence-corrected chi connectivity index (χ2v) is 9.17. The molecule has 1 saturated heterocycles. The van der Waals surface area contributed by atoms with Crippen molar-refractivity contribution in [2.75, 3.05) is 19.7 Å². The number of hydrogen-bond acceptors (Lipinski definition) is 6. The molecule has 0 unspecified atom stereocenters. The summed E-state index contributed by atoms with van der Waals surface area (Å²) in [6, 6.07) is 5.60. The summed E-state index contributed by atoms with van der Waals surface area (Å²) in [5.41, 5.74) is 0.294. The SMILES string of the molecule is C=C[C@H]1CNC[C@H](COS(=O)(=O)c2ccc(C)cc2)N1C(=O)OC(C)(C)C. The topological polar surface area (TPSA) is 84.9 Å². The van der Waals surface area contributed by atoms with Gasteiger partial charge in [0, 0.05) is 13.1 Å². The molecule has 1 fully saturated rings. The van der Waals surface area contributed by atoms with E-state index in [9.17, 15) is 13.2 Å². The van der Waals surface area contributed by atoms with Crippen LogP contribution in [0.1, 0.15) is 26.3 Å². The highest BCUT2D eigenvalue weighted by molar-refractivity contribution is 7.86. The third-order valence-corrected chi connectivity index (χ3v) is 5.38. The van der Waals surface area contributed by atoms with Gasteiger partial charge in [-0.05, 0) is 39.8 Å². The van der Waals surface area contributed by atoms with Crippen LogP contribution in [0.25, 0.3) is 0 Å². The lowest BCUT2D eigenvalue weighted by Gasteiger charge is -2.41. The van der Waals surface area contributed by atoms with Crippen molar-refractivity contribution in [3.05, 3.63) is 42.5 Å². The van der Waals surface area contributed by atoms with Gasteiger partial charge < -0.3 is 10.1 Å². The molecule has 27 heavy (non-hydrogen) atoms. The molecule has 0 saturated carbocycles. The van der Waals surface area contributed by atoms with Gasteiger partial charge in [0.2, 0.25) is 0 Å². The molecule has 1 aliphatic heterocycles.